The van der Waals surface area contributed by atoms with Crippen LogP contribution in [0.3, 0.4) is 0 Å². The molecule has 3 heterocycles. The smallest absolute Gasteiger partial charge is 0.239 e. The standard InChI is InChI=1S/C14H23N5O2/c1-3-4-12-15-13(17-16-12)11-9-19(7-8-21-11)10-5-6-18(2)14(10)20/h10-11H,3-9H2,1-2H3,(H,15,16,17)/t10-,11-/m0/s1. The molecule has 0 saturated carbocycles. The SMILES string of the molecule is CCCc1nc([C@@H]2CN([C@H]3CCN(C)C3=O)CCO2)n[nH]1. The number of morpholine rings is 1. The number of hydrogen-bond acceptors (Lipinski definition) is 5. The average molecular weight is 293 g/mol. The van der Waals surface area contributed by atoms with Crippen molar-refractivity contribution in [2.45, 2.75) is 38.3 Å². The van der Waals surface area contributed by atoms with Crippen molar-refractivity contribution in [1.82, 2.24) is 25.0 Å². The second kappa shape index (κ2) is 6.11. The first-order valence-electron chi connectivity index (χ1n) is 7.71. The second-order valence-corrected chi connectivity index (χ2v) is 5.81. The number of rotatable bonds is 4. The molecule has 116 valence electrons. The van der Waals surface area contributed by atoms with Gasteiger partial charge >= 0.3 is 0 Å². The van der Waals surface area contributed by atoms with E-state index in [-0.39, 0.29) is 18.1 Å². The molecule has 3 rings (SSSR count). The van der Waals surface area contributed by atoms with Crippen LogP contribution in [0.15, 0.2) is 0 Å². The first-order valence-corrected chi connectivity index (χ1v) is 7.71. The summed E-state index contributed by atoms with van der Waals surface area (Å²) in [5.41, 5.74) is 0. The Bertz CT molecular complexity index is 503. The Balaban J connectivity index is 1.66. The van der Waals surface area contributed by atoms with E-state index in [1.807, 2.05) is 7.05 Å². The van der Waals surface area contributed by atoms with Crippen LogP contribution in [0.25, 0.3) is 0 Å². The lowest BCUT2D eigenvalue weighted by atomic mass is 10.1. The van der Waals surface area contributed by atoms with Gasteiger partial charge in [0.25, 0.3) is 0 Å². The minimum absolute atomic E-state index is 0.00421. The van der Waals surface area contributed by atoms with Crippen LogP contribution in [0.4, 0.5) is 0 Å². The topological polar surface area (TPSA) is 74.3 Å². The fourth-order valence-corrected chi connectivity index (χ4v) is 3.05. The molecule has 7 nitrogen and oxygen atoms in total. The lowest BCUT2D eigenvalue weighted by molar-refractivity contribution is -0.134. The maximum atomic E-state index is 12.1. The number of hydrogen-bond donors (Lipinski definition) is 1. The predicted octanol–water partition coefficient (Wildman–Crippen LogP) is 0.361. The third kappa shape index (κ3) is 2.94. The van der Waals surface area contributed by atoms with Gasteiger partial charge in [-0.2, -0.15) is 5.10 Å². The number of carbonyl (C=O) groups excluding carboxylic acids is 1. The molecule has 0 spiro atoms. The molecule has 2 aliphatic rings. The molecule has 1 aromatic rings. The van der Waals surface area contributed by atoms with Crippen LogP contribution >= 0.6 is 0 Å². The third-order valence-corrected chi connectivity index (χ3v) is 4.26. The second-order valence-electron chi connectivity index (χ2n) is 5.81. The highest BCUT2D eigenvalue weighted by Crippen LogP contribution is 2.24. The Kier molecular flexibility index (Phi) is 4.21. The number of nitrogens with zero attached hydrogens (tertiary/aromatic N) is 4. The summed E-state index contributed by atoms with van der Waals surface area (Å²) in [7, 11) is 1.87. The molecule has 21 heavy (non-hydrogen) atoms. The molecular formula is C14H23N5O2. The number of aromatic nitrogens is 3. The fourth-order valence-electron chi connectivity index (χ4n) is 3.05. The van der Waals surface area contributed by atoms with Crippen molar-refractivity contribution in [3.8, 4) is 0 Å². The van der Waals surface area contributed by atoms with E-state index in [0.717, 1.165) is 38.2 Å². The van der Waals surface area contributed by atoms with Crippen LogP contribution in [0, 0.1) is 0 Å². The summed E-state index contributed by atoms with van der Waals surface area (Å²) in [4.78, 5) is 20.7. The van der Waals surface area contributed by atoms with E-state index in [0.29, 0.717) is 19.0 Å². The van der Waals surface area contributed by atoms with Gasteiger partial charge in [0.2, 0.25) is 5.91 Å². The van der Waals surface area contributed by atoms with Crippen LogP contribution in [-0.4, -0.2) is 70.2 Å². The molecule has 1 aromatic heterocycles. The van der Waals surface area contributed by atoms with Gasteiger partial charge in [-0.1, -0.05) is 6.92 Å². The molecule has 0 bridgehead atoms. The van der Waals surface area contributed by atoms with Crippen molar-refractivity contribution in [2.75, 3.05) is 33.3 Å². The zero-order chi connectivity index (χ0) is 14.8. The lowest BCUT2D eigenvalue weighted by Crippen LogP contribution is -2.48. The minimum atomic E-state index is -0.140. The van der Waals surface area contributed by atoms with Crippen molar-refractivity contribution in [3.05, 3.63) is 11.6 Å². The monoisotopic (exact) mass is 293 g/mol. The average Bonchev–Trinajstić information content (AvgIpc) is 3.08. The molecule has 1 N–H and O–H groups in total. The highest BCUT2D eigenvalue weighted by molar-refractivity contribution is 5.83. The van der Waals surface area contributed by atoms with Crippen molar-refractivity contribution in [1.29, 1.82) is 0 Å². The Morgan fingerprint density at radius 1 is 1.43 bits per heavy atom. The number of nitrogens with one attached hydrogen (secondary N) is 1. The van der Waals surface area contributed by atoms with E-state index in [9.17, 15) is 4.79 Å². The number of H-pyrrole nitrogens is 1. The molecule has 2 fully saturated rings. The number of aromatic amines is 1. The van der Waals surface area contributed by atoms with E-state index in [4.69, 9.17) is 4.74 Å². The van der Waals surface area contributed by atoms with Crippen LogP contribution in [0.1, 0.15) is 37.5 Å². The fraction of sp³-hybridized carbons (Fsp3) is 0.786. The number of aryl methyl sites for hydroxylation is 1. The maximum Gasteiger partial charge on any atom is 0.239 e. The largest absolute Gasteiger partial charge is 0.367 e. The van der Waals surface area contributed by atoms with E-state index < -0.39 is 0 Å². The predicted molar refractivity (Wildman–Crippen MR) is 76.7 cm³/mol. The van der Waals surface area contributed by atoms with Crippen LogP contribution in [-0.2, 0) is 16.0 Å². The molecule has 1 amide bonds. The minimum Gasteiger partial charge on any atom is -0.367 e. The summed E-state index contributed by atoms with van der Waals surface area (Å²) in [5, 5.41) is 7.24. The molecule has 2 atom stereocenters. The van der Waals surface area contributed by atoms with Crippen LogP contribution in [0.2, 0.25) is 0 Å². The van der Waals surface area contributed by atoms with E-state index in [1.54, 1.807) is 4.90 Å². The first kappa shape index (κ1) is 14.5. The summed E-state index contributed by atoms with van der Waals surface area (Å²) >= 11 is 0. The van der Waals surface area contributed by atoms with Gasteiger partial charge in [0.05, 0.1) is 12.6 Å². The Hall–Kier alpha value is -1.47. The molecule has 7 heteroatoms. The van der Waals surface area contributed by atoms with Gasteiger partial charge < -0.3 is 9.64 Å². The quantitative estimate of drug-likeness (QED) is 0.867. The highest BCUT2D eigenvalue weighted by atomic mass is 16.5. The first-order chi connectivity index (χ1) is 10.2. The molecule has 2 aliphatic heterocycles. The van der Waals surface area contributed by atoms with Gasteiger partial charge in [-0.3, -0.25) is 14.8 Å². The van der Waals surface area contributed by atoms with Gasteiger partial charge in [-0.25, -0.2) is 4.98 Å². The molecule has 0 unspecified atom stereocenters. The highest BCUT2D eigenvalue weighted by Gasteiger charge is 2.37. The Morgan fingerprint density at radius 2 is 2.29 bits per heavy atom. The normalized spacial score (nSPS) is 27.5. The van der Waals surface area contributed by atoms with Crippen LogP contribution in [0.5, 0.6) is 0 Å². The summed E-state index contributed by atoms with van der Waals surface area (Å²) in [6.07, 6.45) is 2.70. The van der Waals surface area contributed by atoms with Crippen molar-refractivity contribution in [2.24, 2.45) is 0 Å². The van der Waals surface area contributed by atoms with Crippen molar-refractivity contribution < 1.29 is 9.53 Å². The molecule has 0 aromatic carbocycles. The maximum absolute atomic E-state index is 12.1. The summed E-state index contributed by atoms with van der Waals surface area (Å²) in [6, 6.07) is -0.00421. The number of carbonyl (C=O) groups is 1. The number of amides is 1. The van der Waals surface area contributed by atoms with E-state index in [1.165, 1.54) is 0 Å². The van der Waals surface area contributed by atoms with Gasteiger partial charge in [0, 0.05) is 33.1 Å². The summed E-state index contributed by atoms with van der Waals surface area (Å²) in [5.74, 6) is 1.84. The molecular weight excluding hydrogens is 270 g/mol. The Labute approximate surface area is 124 Å². The van der Waals surface area contributed by atoms with E-state index in [2.05, 4.69) is 27.0 Å². The Morgan fingerprint density at radius 3 is 3.00 bits per heavy atom. The van der Waals surface area contributed by atoms with Crippen molar-refractivity contribution >= 4 is 5.91 Å². The zero-order valence-corrected chi connectivity index (χ0v) is 12.7. The zero-order valence-electron chi connectivity index (χ0n) is 12.7. The van der Waals surface area contributed by atoms with Gasteiger partial charge in [-0.15, -0.1) is 0 Å². The van der Waals surface area contributed by atoms with Gasteiger partial charge in [0.15, 0.2) is 5.82 Å². The number of ether oxygens (including phenoxy) is 1. The number of likely N-dealkylation sites (tertiary alicyclic amines) is 1. The number of likely N-dealkylation sites (N-methyl/N-ethyl adjacent to an activating group) is 1. The molecule has 2 saturated heterocycles. The van der Waals surface area contributed by atoms with Crippen LogP contribution < -0.4 is 0 Å². The van der Waals surface area contributed by atoms with Gasteiger partial charge in [0.1, 0.15) is 11.9 Å². The molecule has 0 radical (unpaired) electrons. The third-order valence-electron chi connectivity index (χ3n) is 4.26. The molecule has 0 aliphatic carbocycles. The van der Waals surface area contributed by atoms with Crippen molar-refractivity contribution in [3.63, 3.8) is 0 Å². The lowest BCUT2D eigenvalue weighted by Gasteiger charge is -2.34. The van der Waals surface area contributed by atoms with Gasteiger partial charge in [-0.05, 0) is 12.8 Å². The summed E-state index contributed by atoms with van der Waals surface area (Å²) < 4.78 is 5.80. The summed E-state index contributed by atoms with van der Waals surface area (Å²) in [6.45, 7) is 5.06. The van der Waals surface area contributed by atoms with E-state index >= 15 is 0 Å².